The molecule has 4 rings (SSSR count). The van der Waals surface area contributed by atoms with Gasteiger partial charge >= 0.3 is 11.9 Å². The maximum atomic E-state index is 12.7. The average Bonchev–Trinajstić information content (AvgIpc) is 3.32. The smallest absolute Gasteiger partial charge is 0.387 e. The summed E-state index contributed by atoms with van der Waals surface area (Å²) in [6.07, 6.45) is -1.99. The third kappa shape index (κ3) is 4.32. The lowest BCUT2D eigenvalue weighted by atomic mass is 10.0. The number of nitrogens with zero attached hydrogens (tertiary/aromatic N) is 4. The van der Waals surface area contributed by atoms with Crippen molar-refractivity contribution in [1.82, 2.24) is 14.5 Å². The molecule has 0 bridgehead atoms. The van der Waals surface area contributed by atoms with Gasteiger partial charge < -0.3 is 10.0 Å². The first-order valence-electron chi connectivity index (χ1n) is 8.98. The minimum Gasteiger partial charge on any atom is -0.387 e. The lowest BCUT2D eigenvalue weighted by Crippen LogP contribution is -2.40. The van der Waals surface area contributed by atoms with E-state index in [-0.39, 0.29) is 19.0 Å². The van der Waals surface area contributed by atoms with Gasteiger partial charge in [-0.25, -0.2) is 9.78 Å². The molecule has 0 fully saturated rings. The van der Waals surface area contributed by atoms with Gasteiger partial charge in [0.15, 0.2) is 0 Å². The number of aryl methyl sites for hydroxylation is 1. The number of halogens is 3. The van der Waals surface area contributed by atoms with Crippen LogP contribution in [-0.4, -0.2) is 38.8 Å². The van der Waals surface area contributed by atoms with Crippen LogP contribution in [-0.2, 0) is 12.7 Å². The normalized spacial score (nSPS) is 17.3. The standard InChI is InChI=1S/C19H17F3N4O2S2/c1-11-6-15(29-9-11)13-4-5-25(8-14(13)27)17-23-10-26(18(28)24-17)7-12-2-3-16(30-12)19(20,21)22/h2-4,6,9-10,14,27H,5,7-8H2,1H3/t14-/m0/s1. The molecule has 0 saturated heterocycles. The molecule has 1 aliphatic rings. The Morgan fingerprint density at radius 3 is 2.73 bits per heavy atom. The number of hydrogen-bond donors (Lipinski definition) is 1. The molecule has 0 spiro atoms. The van der Waals surface area contributed by atoms with Crippen LogP contribution < -0.4 is 10.6 Å². The van der Waals surface area contributed by atoms with Crippen molar-refractivity contribution < 1.29 is 18.3 Å². The molecule has 0 saturated carbocycles. The zero-order valence-corrected chi connectivity index (χ0v) is 17.4. The van der Waals surface area contributed by atoms with Crippen molar-refractivity contribution in [2.75, 3.05) is 18.0 Å². The van der Waals surface area contributed by atoms with Crippen LogP contribution in [0.1, 0.15) is 20.2 Å². The van der Waals surface area contributed by atoms with Crippen molar-refractivity contribution in [3.05, 3.63) is 66.7 Å². The molecule has 6 nitrogen and oxygen atoms in total. The quantitative estimate of drug-likeness (QED) is 0.654. The minimum atomic E-state index is -4.41. The van der Waals surface area contributed by atoms with Crippen LogP contribution in [0.3, 0.4) is 0 Å². The van der Waals surface area contributed by atoms with Crippen LogP contribution in [0.4, 0.5) is 19.1 Å². The Kier molecular flexibility index (Phi) is 5.51. The highest BCUT2D eigenvalue weighted by molar-refractivity contribution is 7.12. The summed E-state index contributed by atoms with van der Waals surface area (Å²) in [5, 5.41) is 12.5. The summed E-state index contributed by atoms with van der Waals surface area (Å²) in [5.41, 5.74) is 1.36. The molecule has 11 heteroatoms. The zero-order valence-electron chi connectivity index (χ0n) is 15.8. The highest BCUT2D eigenvalue weighted by atomic mass is 32.1. The van der Waals surface area contributed by atoms with Gasteiger partial charge in [0, 0.05) is 16.3 Å². The Morgan fingerprint density at radius 2 is 2.13 bits per heavy atom. The van der Waals surface area contributed by atoms with E-state index in [1.54, 1.807) is 16.2 Å². The fraction of sp³-hybridized carbons (Fsp3) is 0.316. The first-order valence-corrected chi connectivity index (χ1v) is 10.7. The Labute approximate surface area is 177 Å². The number of thiophene rings is 2. The van der Waals surface area contributed by atoms with Crippen molar-refractivity contribution in [3.8, 4) is 0 Å². The fourth-order valence-corrected chi connectivity index (χ4v) is 4.99. The summed E-state index contributed by atoms with van der Waals surface area (Å²) in [6.45, 7) is 2.63. The van der Waals surface area contributed by atoms with E-state index in [0.29, 0.717) is 22.8 Å². The second-order valence-electron chi connectivity index (χ2n) is 6.90. The topological polar surface area (TPSA) is 71.2 Å². The molecule has 0 amide bonds. The maximum Gasteiger partial charge on any atom is 0.425 e. The van der Waals surface area contributed by atoms with Crippen molar-refractivity contribution in [2.24, 2.45) is 0 Å². The Hall–Kier alpha value is -2.50. The molecule has 4 heterocycles. The van der Waals surface area contributed by atoms with E-state index in [4.69, 9.17) is 0 Å². The van der Waals surface area contributed by atoms with Crippen molar-refractivity contribution >= 4 is 34.2 Å². The molecular weight excluding hydrogens is 437 g/mol. The molecule has 0 aliphatic carbocycles. The number of aliphatic hydroxyl groups excluding tert-OH is 1. The first kappa shape index (κ1) is 20.8. The van der Waals surface area contributed by atoms with Gasteiger partial charge in [-0.2, -0.15) is 18.2 Å². The molecule has 1 aliphatic heterocycles. The molecule has 3 aromatic rings. The Balaban J connectivity index is 1.49. The first-order chi connectivity index (χ1) is 14.2. The monoisotopic (exact) mass is 454 g/mol. The van der Waals surface area contributed by atoms with Crippen LogP contribution in [0, 0.1) is 6.92 Å². The second-order valence-corrected chi connectivity index (χ2v) is 8.98. The van der Waals surface area contributed by atoms with Gasteiger partial charge in [0.1, 0.15) is 11.2 Å². The van der Waals surface area contributed by atoms with Crippen LogP contribution in [0.25, 0.3) is 5.57 Å². The number of rotatable bonds is 4. The number of aromatic nitrogens is 3. The van der Waals surface area contributed by atoms with Crippen LogP contribution in [0.2, 0.25) is 0 Å². The SMILES string of the molecule is Cc1csc(C2=CCN(c3ncn(Cc4ccc(C(F)(F)F)s4)c(=O)n3)C[C@@H]2O)c1. The summed E-state index contributed by atoms with van der Waals surface area (Å²) >= 11 is 2.15. The lowest BCUT2D eigenvalue weighted by Gasteiger charge is -2.29. The number of alkyl halides is 3. The predicted octanol–water partition coefficient (Wildman–Crippen LogP) is 3.40. The largest absolute Gasteiger partial charge is 0.425 e. The van der Waals surface area contributed by atoms with Crippen LogP contribution in [0.15, 0.2) is 40.8 Å². The Bertz CT molecular complexity index is 1150. The van der Waals surface area contributed by atoms with Gasteiger partial charge in [0.25, 0.3) is 0 Å². The lowest BCUT2D eigenvalue weighted by molar-refractivity contribution is -0.134. The number of aliphatic hydroxyl groups is 1. The van der Waals surface area contributed by atoms with Gasteiger partial charge in [-0.1, -0.05) is 6.08 Å². The van der Waals surface area contributed by atoms with E-state index >= 15 is 0 Å². The van der Waals surface area contributed by atoms with Gasteiger partial charge in [-0.05, 0) is 41.6 Å². The van der Waals surface area contributed by atoms with Gasteiger partial charge in [-0.3, -0.25) is 4.57 Å². The molecule has 1 N–H and O–H groups in total. The van der Waals surface area contributed by atoms with Crippen molar-refractivity contribution in [2.45, 2.75) is 25.7 Å². The summed E-state index contributed by atoms with van der Waals surface area (Å²) in [5.74, 6) is 0.176. The molecular formula is C19H17F3N4O2S2. The van der Waals surface area contributed by atoms with E-state index < -0.39 is 22.8 Å². The average molecular weight is 454 g/mol. The highest BCUT2D eigenvalue weighted by Gasteiger charge is 2.32. The van der Waals surface area contributed by atoms with Crippen molar-refractivity contribution in [1.29, 1.82) is 0 Å². The minimum absolute atomic E-state index is 0.0374. The summed E-state index contributed by atoms with van der Waals surface area (Å²) in [4.78, 5) is 22.8. The molecule has 3 aromatic heterocycles. The zero-order chi connectivity index (χ0) is 21.5. The third-order valence-corrected chi connectivity index (χ3v) is 6.81. The van der Waals surface area contributed by atoms with E-state index in [2.05, 4.69) is 9.97 Å². The number of β-amino-alcohol motifs (C(OH)–C–C–N with tert-alkyl or cyclic N) is 1. The highest BCUT2D eigenvalue weighted by Crippen LogP contribution is 2.34. The summed E-state index contributed by atoms with van der Waals surface area (Å²) in [7, 11) is 0. The van der Waals surface area contributed by atoms with Crippen LogP contribution in [0.5, 0.6) is 0 Å². The van der Waals surface area contributed by atoms with Gasteiger partial charge in [-0.15, -0.1) is 22.7 Å². The van der Waals surface area contributed by atoms with E-state index in [1.165, 1.54) is 12.4 Å². The third-order valence-electron chi connectivity index (χ3n) is 4.60. The van der Waals surface area contributed by atoms with E-state index in [0.717, 1.165) is 26.6 Å². The summed E-state index contributed by atoms with van der Waals surface area (Å²) in [6, 6.07) is 4.35. The van der Waals surface area contributed by atoms with Crippen LogP contribution >= 0.6 is 22.7 Å². The maximum absolute atomic E-state index is 12.7. The van der Waals surface area contributed by atoms with Crippen molar-refractivity contribution in [3.63, 3.8) is 0 Å². The van der Waals surface area contributed by atoms with Gasteiger partial charge in [0.05, 0.1) is 19.2 Å². The van der Waals surface area contributed by atoms with E-state index in [9.17, 15) is 23.1 Å². The molecule has 158 valence electrons. The summed E-state index contributed by atoms with van der Waals surface area (Å²) < 4.78 is 39.4. The predicted molar refractivity (Wildman–Crippen MR) is 110 cm³/mol. The molecule has 0 aromatic carbocycles. The van der Waals surface area contributed by atoms with E-state index in [1.807, 2.05) is 24.4 Å². The molecule has 30 heavy (non-hydrogen) atoms. The number of hydrogen-bond acceptors (Lipinski definition) is 7. The molecule has 0 radical (unpaired) electrons. The molecule has 1 atom stereocenters. The Morgan fingerprint density at radius 1 is 1.33 bits per heavy atom. The van der Waals surface area contributed by atoms with Gasteiger partial charge in [0.2, 0.25) is 5.95 Å². The second kappa shape index (κ2) is 7.97. The molecule has 0 unspecified atom stereocenters. The number of anilines is 1. The fourth-order valence-electron chi connectivity index (χ4n) is 3.13.